The molecule has 3 heteroatoms. The van der Waals surface area contributed by atoms with E-state index >= 15 is 0 Å². The smallest absolute Gasteiger partial charge is 0.0416 e. The summed E-state index contributed by atoms with van der Waals surface area (Å²) in [4.78, 5) is 0. The van der Waals surface area contributed by atoms with Gasteiger partial charge >= 0.3 is 0 Å². The molecular weight excluding hydrogens is 162 g/mol. The van der Waals surface area contributed by atoms with E-state index in [9.17, 15) is 0 Å². The fraction of sp³-hybridized carbons (Fsp3) is 0.200. The summed E-state index contributed by atoms with van der Waals surface area (Å²) in [5, 5.41) is 3.14. The van der Waals surface area contributed by atoms with Gasteiger partial charge in [-0.1, -0.05) is 25.1 Å². The molecule has 0 spiro atoms. The molecule has 0 aliphatic heterocycles. The van der Waals surface area contributed by atoms with E-state index in [4.69, 9.17) is 5.84 Å². The summed E-state index contributed by atoms with van der Waals surface area (Å²) in [7, 11) is 0. The lowest BCUT2D eigenvalue weighted by Gasteiger charge is -2.04. The minimum Gasteiger partial charge on any atom is -0.360 e. The molecule has 0 heterocycles. The highest BCUT2D eigenvalue weighted by molar-refractivity contribution is 5.45. The summed E-state index contributed by atoms with van der Waals surface area (Å²) in [5.41, 5.74) is 4.66. The Kier molecular flexibility index (Phi) is 3.85. The van der Waals surface area contributed by atoms with E-state index in [1.807, 2.05) is 43.5 Å². The third kappa shape index (κ3) is 3.17. The third-order valence-electron chi connectivity index (χ3n) is 1.75. The van der Waals surface area contributed by atoms with E-state index in [0.717, 1.165) is 17.8 Å². The molecule has 0 bridgehead atoms. The predicted octanol–water partition coefficient (Wildman–Crippen LogP) is 1.81. The second-order valence-electron chi connectivity index (χ2n) is 2.68. The second kappa shape index (κ2) is 5.22. The Hall–Kier alpha value is -1.48. The van der Waals surface area contributed by atoms with Crippen LogP contribution >= 0.6 is 0 Å². The van der Waals surface area contributed by atoms with Crippen LogP contribution in [0.15, 0.2) is 42.2 Å². The van der Waals surface area contributed by atoms with Crippen LogP contribution in [0, 0.1) is 0 Å². The van der Waals surface area contributed by atoms with Crippen LogP contribution in [0.4, 0.5) is 5.69 Å². The molecule has 0 saturated carbocycles. The summed E-state index contributed by atoms with van der Waals surface area (Å²) >= 11 is 0. The molecule has 4 N–H and O–H groups in total. The maximum Gasteiger partial charge on any atom is 0.0416 e. The minimum atomic E-state index is 0.885. The van der Waals surface area contributed by atoms with Crippen molar-refractivity contribution in [2.45, 2.75) is 13.3 Å². The fourth-order valence-electron chi connectivity index (χ4n) is 0.951. The number of nitrogens with one attached hydrogen (secondary N) is 2. The first-order valence-corrected chi connectivity index (χ1v) is 4.34. The number of hydrogen-bond acceptors (Lipinski definition) is 3. The van der Waals surface area contributed by atoms with Crippen molar-refractivity contribution in [3.63, 3.8) is 0 Å². The molecule has 1 aromatic carbocycles. The molecule has 70 valence electrons. The van der Waals surface area contributed by atoms with E-state index in [1.165, 1.54) is 0 Å². The Labute approximate surface area is 78.6 Å². The molecule has 0 atom stereocenters. The van der Waals surface area contributed by atoms with Crippen molar-refractivity contribution in [3.05, 3.63) is 42.2 Å². The SMILES string of the molecule is CC/C(=C/Nc1ccccc1)NN. The summed E-state index contributed by atoms with van der Waals surface area (Å²) in [6, 6.07) is 9.95. The van der Waals surface area contributed by atoms with Gasteiger partial charge in [0.05, 0.1) is 0 Å². The first-order chi connectivity index (χ1) is 6.36. The molecule has 0 unspecified atom stereocenters. The summed E-state index contributed by atoms with van der Waals surface area (Å²) < 4.78 is 0. The lowest BCUT2D eigenvalue weighted by Crippen LogP contribution is -2.21. The van der Waals surface area contributed by atoms with Gasteiger partial charge in [0.2, 0.25) is 0 Å². The molecule has 0 aromatic heterocycles. The number of hydrazine groups is 1. The molecule has 0 aliphatic carbocycles. The van der Waals surface area contributed by atoms with Crippen LogP contribution in [-0.4, -0.2) is 0 Å². The maximum absolute atomic E-state index is 5.29. The molecule has 1 rings (SSSR count). The zero-order valence-electron chi connectivity index (χ0n) is 7.75. The van der Waals surface area contributed by atoms with Crippen LogP contribution in [0.3, 0.4) is 0 Å². The van der Waals surface area contributed by atoms with E-state index in [1.54, 1.807) is 0 Å². The van der Waals surface area contributed by atoms with Gasteiger partial charge in [0.15, 0.2) is 0 Å². The van der Waals surface area contributed by atoms with Gasteiger partial charge in [-0.3, -0.25) is 5.84 Å². The van der Waals surface area contributed by atoms with E-state index in [0.29, 0.717) is 0 Å². The Morgan fingerprint density at radius 3 is 2.62 bits per heavy atom. The quantitative estimate of drug-likeness (QED) is 0.485. The van der Waals surface area contributed by atoms with Crippen molar-refractivity contribution in [2.24, 2.45) is 5.84 Å². The Balaban J connectivity index is 2.55. The van der Waals surface area contributed by atoms with Crippen LogP contribution in [0.2, 0.25) is 0 Å². The highest BCUT2D eigenvalue weighted by Crippen LogP contribution is 2.05. The highest BCUT2D eigenvalue weighted by atomic mass is 15.2. The van der Waals surface area contributed by atoms with E-state index in [-0.39, 0.29) is 0 Å². The molecule has 0 radical (unpaired) electrons. The second-order valence-corrected chi connectivity index (χ2v) is 2.68. The predicted molar refractivity (Wildman–Crippen MR) is 55.8 cm³/mol. The molecule has 0 fully saturated rings. The third-order valence-corrected chi connectivity index (χ3v) is 1.75. The Morgan fingerprint density at radius 2 is 2.08 bits per heavy atom. The Bertz CT molecular complexity index is 261. The maximum atomic E-state index is 5.29. The monoisotopic (exact) mass is 177 g/mol. The number of benzene rings is 1. The van der Waals surface area contributed by atoms with Gasteiger partial charge in [0.25, 0.3) is 0 Å². The number of anilines is 1. The minimum absolute atomic E-state index is 0.885. The molecular formula is C10H15N3. The van der Waals surface area contributed by atoms with E-state index < -0.39 is 0 Å². The van der Waals surface area contributed by atoms with Crippen molar-refractivity contribution in [3.8, 4) is 0 Å². The topological polar surface area (TPSA) is 50.1 Å². The van der Waals surface area contributed by atoms with Crippen molar-refractivity contribution in [2.75, 3.05) is 5.32 Å². The standard InChI is InChI=1S/C10H15N3/c1-2-9(13-11)8-12-10-6-4-3-5-7-10/h3-8,12-13H,2,11H2,1H3/b9-8-. The van der Waals surface area contributed by atoms with Crippen molar-refractivity contribution >= 4 is 5.69 Å². The average Bonchev–Trinajstić information content (AvgIpc) is 2.21. The summed E-state index contributed by atoms with van der Waals surface area (Å²) in [5.74, 6) is 5.29. The Morgan fingerprint density at radius 1 is 1.38 bits per heavy atom. The van der Waals surface area contributed by atoms with Gasteiger partial charge in [0, 0.05) is 17.6 Å². The van der Waals surface area contributed by atoms with Gasteiger partial charge in [-0.15, -0.1) is 0 Å². The van der Waals surface area contributed by atoms with Crippen molar-refractivity contribution in [1.82, 2.24) is 5.43 Å². The van der Waals surface area contributed by atoms with Gasteiger partial charge < -0.3 is 10.7 Å². The zero-order chi connectivity index (χ0) is 9.52. The van der Waals surface area contributed by atoms with Crippen LogP contribution in [-0.2, 0) is 0 Å². The summed E-state index contributed by atoms with van der Waals surface area (Å²) in [6.45, 7) is 2.04. The molecule has 3 nitrogen and oxygen atoms in total. The zero-order valence-corrected chi connectivity index (χ0v) is 7.75. The first-order valence-electron chi connectivity index (χ1n) is 4.34. The van der Waals surface area contributed by atoms with Gasteiger partial charge in [-0.25, -0.2) is 0 Å². The van der Waals surface area contributed by atoms with E-state index in [2.05, 4.69) is 10.7 Å². The number of para-hydroxylation sites is 1. The molecule has 0 aliphatic rings. The number of nitrogens with two attached hydrogens (primary N) is 1. The highest BCUT2D eigenvalue weighted by Gasteiger charge is 1.89. The summed E-state index contributed by atoms with van der Waals surface area (Å²) in [6.07, 6.45) is 2.76. The van der Waals surface area contributed by atoms with Crippen molar-refractivity contribution < 1.29 is 0 Å². The number of rotatable bonds is 4. The normalized spacial score (nSPS) is 11.1. The molecule has 0 amide bonds. The van der Waals surface area contributed by atoms with Crippen LogP contribution in [0.1, 0.15) is 13.3 Å². The van der Waals surface area contributed by atoms with Crippen LogP contribution < -0.4 is 16.6 Å². The number of allylic oxidation sites excluding steroid dienone is 1. The van der Waals surface area contributed by atoms with Gasteiger partial charge in [-0.05, 0) is 18.6 Å². The largest absolute Gasteiger partial charge is 0.360 e. The van der Waals surface area contributed by atoms with Gasteiger partial charge in [0.1, 0.15) is 0 Å². The van der Waals surface area contributed by atoms with Gasteiger partial charge in [-0.2, -0.15) is 0 Å². The first kappa shape index (κ1) is 9.61. The number of hydrogen-bond donors (Lipinski definition) is 3. The molecule has 1 aromatic rings. The van der Waals surface area contributed by atoms with Crippen molar-refractivity contribution in [1.29, 1.82) is 0 Å². The fourth-order valence-corrected chi connectivity index (χ4v) is 0.951. The van der Waals surface area contributed by atoms with Crippen LogP contribution in [0.25, 0.3) is 0 Å². The molecule has 13 heavy (non-hydrogen) atoms. The lowest BCUT2D eigenvalue weighted by atomic mass is 10.3. The molecule has 0 saturated heterocycles. The van der Waals surface area contributed by atoms with Crippen LogP contribution in [0.5, 0.6) is 0 Å². The lowest BCUT2D eigenvalue weighted by molar-refractivity contribution is 0.825. The average molecular weight is 177 g/mol.